The molecule has 31 heavy (non-hydrogen) atoms. The van der Waals surface area contributed by atoms with Gasteiger partial charge in [-0.1, -0.05) is 0 Å². The number of hydrogen-bond acceptors (Lipinski definition) is 11. The lowest BCUT2D eigenvalue weighted by Crippen LogP contribution is -2.66. The molecule has 2 rings (SSSR count). The van der Waals surface area contributed by atoms with Crippen LogP contribution in [0.4, 0.5) is 0 Å². The maximum Gasteiger partial charge on any atom is 0.187 e. The molecule has 0 saturated carbocycles. The summed E-state index contributed by atoms with van der Waals surface area (Å²) in [6.45, 7) is 0.573. The summed E-state index contributed by atoms with van der Waals surface area (Å²) < 4.78 is 63.2. The zero-order valence-corrected chi connectivity index (χ0v) is 19.7. The Labute approximate surface area is 184 Å². The minimum atomic E-state index is -0.819. The second-order valence-corrected chi connectivity index (χ2v) is 7.33. The first-order valence-corrected chi connectivity index (χ1v) is 10.2. The Morgan fingerprint density at radius 2 is 0.871 bits per heavy atom. The topological polar surface area (TPSA) is 102 Å². The van der Waals surface area contributed by atoms with E-state index < -0.39 is 61.4 Å². The predicted octanol–water partition coefficient (Wildman–Crippen LogP) is -0.164. The van der Waals surface area contributed by atoms with Gasteiger partial charge in [0.25, 0.3) is 0 Å². The van der Waals surface area contributed by atoms with Crippen molar-refractivity contribution in [2.24, 2.45) is 0 Å². The molecular formula is C20H38O11. The van der Waals surface area contributed by atoms with Crippen LogP contribution in [0.15, 0.2) is 0 Å². The van der Waals surface area contributed by atoms with Gasteiger partial charge < -0.3 is 52.1 Å². The minimum absolute atomic E-state index is 0.284. The van der Waals surface area contributed by atoms with Gasteiger partial charge in [-0.2, -0.15) is 0 Å². The molecule has 0 aromatic heterocycles. The summed E-state index contributed by atoms with van der Waals surface area (Å²) in [5.74, 6) is 0. The molecule has 2 heterocycles. The van der Waals surface area contributed by atoms with Gasteiger partial charge in [0.05, 0.1) is 13.2 Å². The van der Waals surface area contributed by atoms with Gasteiger partial charge in [-0.05, 0) is 0 Å². The van der Waals surface area contributed by atoms with E-state index in [9.17, 15) is 0 Å². The Hall–Kier alpha value is -0.440. The molecule has 0 spiro atoms. The Kier molecular flexibility index (Phi) is 11.5. The molecule has 0 aliphatic carbocycles. The lowest BCUT2D eigenvalue weighted by atomic mass is 9.96. The van der Waals surface area contributed by atoms with Gasteiger partial charge in [-0.3, -0.25) is 0 Å². The summed E-state index contributed by atoms with van der Waals surface area (Å²) in [6.07, 6.45) is -5.56. The van der Waals surface area contributed by atoms with Crippen molar-refractivity contribution < 1.29 is 52.1 Å². The molecule has 11 nitrogen and oxygen atoms in total. The maximum absolute atomic E-state index is 6.45. The van der Waals surface area contributed by atoms with E-state index >= 15 is 0 Å². The summed E-state index contributed by atoms with van der Waals surface area (Å²) in [4.78, 5) is 0. The third kappa shape index (κ3) is 5.92. The molecule has 2 aliphatic heterocycles. The van der Waals surface area contributed by atoms with E-state index in [1.54, 1.807) is 56.9 Å². The van der Waals surface area contributed by atoms with Crippen LogP contribution < -0.4 is 0 Å². The van der Waals surface area contributed by atoms with Gasteiger partial charge in [-0.25, -0.2) is 0 Å². The Morgan fingerprint density at radius 1 is 0.452 bits per heavy atom. The van der Waals surface area contributed by atoms with E-state index in [1.165, 1.54) is 0 Å². The summed E-state index contributed by atoms with van der Waals surface area (Å²) in [5.41, 5.74) is 0. The summed E-state index contributed by atoms with van der Waals surface area (Å²) >= 11 is 0. The van der Waals surface area contributed by atoms with E-state index in [4.69, 9.17) is 52.1 Å². The molecule has 0 unspecified atom stereocenters. The molecule has 2 fully saturated rings. The first-order chi connectivity index (χ1) is 15.0. The molecule has 0 radical (unpaired) electrons. The fourth-order valence-electron chi connectivity index (χ4n) is 4.30. The molecule has 0 aromatic rings. The molecular weight excluding hydrogens is 416 g/mol. The van der Waals surface area contributed by atoms with Crippen LogP contribution in [-0.4, -0.2) is 132 Å². The summed E-state index contributed by atoms with van der Waals surface area (Å²) in [7, 11) is 12.6. The lowest BCUT2D eigenvalue weighted by Gasteiger charge is -2.49. The smallest absolute Gasteiger partial charge is 0.187 e. The SMILES string of the molecule is COC[C@H]1O[C@@H](O[C@@H]2[C@@H](OC)[C@H](OC)O[C@H](COC)[C@H]2OC)[C@H](OC)[C@@H](OC)[C@@H]1OC. The van der Waals surface area contributed by atoms with Crippen LogP contribution in [0, 0.1) is 0 Å². The Bertz CT molecular complexity index is 496. The number of ether oxygens (including phenoxy) is 11. The first kappa shape index (κ1) is 26.8. The van der Waals surface area contributed by atoms with Crippen molar-refractivity contribution in [1.82, 2.24) is 0 Å². The first-order valence-electron chi connectivity index (χ1n) is 10.2. The Morgan fingerprint density at radius 3 is 1.29 bits per heavy atom. The van der Waals surface area contributed by atoms with E-state index in [0.29, 0.717) is 0 Å². The van der Waals surface area contributed by atoms with Crippen LogP contribution in [0.1, 0.15) is 0 Å². The minimum Gasteiger partial charge on any atom is -0.382 e. The monoisotopic (exact) mass is 454 g/mol. The molecule has 2 saturated heterocycles. The van der Waals surface area contributed by atoms with Gasteiger partial charge in [-0.15, -0.1) is 0 Å². The number of methoxy groups -OCH3 is 8. The highest BCUT2D eigenvalue weighted by atomic mass is 16.8. The van der Waals surface area contributed by atoms with Crippen molar-refractivity contribution in [2.75, 3.05) is 70.1 Å². The van der Waals surface area contributed by atoms with Crippen LogP contribution >= 0.6 is 0 Å². The average molecular weight is 455 g/mol. The molecule has 0 bridgehead atoms. The quantitative estimate of drug-likeness (QED) is 0.393. The highest BCUT2D eigenvalue weighted by Gasteiger charge is 2.53. The average Bonchev–Trinajstić information content (AvgIpc) is 2.78. The van der Waals surface area contributed by atoms with Gasteiger partial charge in [0, 0.05) is 56.9 Å². The fourth-order valence-corrected chi connectivity index (χ4v) is 4.30. The predicted molar refractivity (Wildman–Crippen MR) is 107 cm³/mol. The summed E-state index contributed by atoms with van der Waals surface area (Å²) in [5, 5.41) is 0. The van der Waals surface area contributed by atoms with Crippen LogP contribution in [0.25, 0.3) is 0 Å². The van der Waals surface area contributed by atoms with Crippen molar-refractivity contribution in [3.05, 3.63) is 0 Å². The largest absolute Gasteiger partial charge is 0.382 e. The highest BCUT2D eigenvalue weighted by molar-refractivity contribution is 4.96. The molecule has 184 valence electrons. The molecule has 10 atom stereocenters. The molecule has 0 amide bonds. The zero-order chi connectivity index (χ0) is 23.0. The maximum atomic E-state index is 6.45. The molecule has 0 aromatic carbocycles. The molecule has 2 aliphatic rings. The molecule has 0 N–H and O–H groups in total. The zero-order valence-electron chi connectivity index (χ0n) is 19.7. The fraction of sp³-hybridized carbons (Fsp3) is 1.00. The second-order valence-electron chi connectivity index (χ2n) is 7.33. The van der Waals surface area contributed by atoms with E-state index in [0.717, 1.165) is 0 Å². The third-order valence-electron chi connectivity index (χ3n) is 5.73. The van der Waals surface area contributed by atoms with Crippen LogP contribution in [-0.2, 0) is 52.1 Å². The van der Waals surface area contributed by atoms with Crippen molar-refractivity contribution in [3.63, 3.8) is 0 Å². The number of hydrogen-bond donors (Lipinski definition) is 0. The van der Waals surface area contributed by atoms with Crippen LogP contribution in [0.2, 0.25) is 0 Å². The highest BCUT2D eigenvalue weighted by Crippen LogP contribution is 2.33. The van der Waals surface area contributed by atoms with Gasteiger partial charge in [0.15, 0.2) is 12.6 Å². The lowest BCUT2D eigenvalue weighted by molar-refractivity contribution is -0.366. The number of rotatable bonds is 12. The van der Waals surface area contributed by atoms with Crippen molar-refractivity contribution in [2.45, 2.75) is 61.4 Å². The van der Waals surface area contributed by atoms with Crippen molar-refractivity contribution >= 4 is 0 Å². The summed E-state index contributed by atoms with van der Waals surface area (Å²) in [6, 6.07) is 0. The molecule has 11 heteroatoms. The Balaban J connectivity index is 2.34. The van der Waals surface area contributed by atoms with Gasteiger partial charge in [0.2, 0.25) is 0 Å². The van der Waals surface area contributed by atoms with Gasteiger partial charge >= 0.3 is 0 Å². The van der Waals surface area contributed by atoms with Crippen molar-refractivity contribution in [1.29, 1.82) is 0 Å². The van der Waals surface area contributed by atoms with Crippen LogP contribution in [0.5, 0.6) is 0 Å². The van der Waals surface area contributed by atoms with Crippen molar-refractivity contribution in [3.8, 4) is 0 Å². The van der Waals surface area contributed by atoms with Crippen LogP contribution in [0.3, 0.4) is 0 Å². The normalized spacial score (nSPS) is 41.4. The second kappa shape index (κ2) is 13.3. The van der Waals surface area contributed by atoms with Gasteiger partial charge in [0.1, 0.15) is 48.8 Å². The standard InChI is InChI=1S/C20H38O11/c1-21-9-11-13(23-3)15(25-5)17(26-6)20(30-11)31-16-14(24-4)12(10-22-2)29-19(28-8)18(16)27-7/h11-20H,9-10H2,1-8H3/t11-,12-,13-,14-,15+,16+,17-,18-,19-,20+/m1/s1. The van der Waals surface area contributed by atoms with E-state index in [1.807, 2.05) is 0 Å². The third-order valence-corrected chi connectivity index (χ3v) is 5.73. The van der Waals surface area contributed by atoms with E-state index in [2.05, 4.69) is 0 Å². The van der Waals surface area contributed by atoms with E-state index in [-0.39, 0.29) is 13.2 Å².